The van der Waals surface area contributed by atoms with Gasteiger partial charge in [-0.15, -0.1) is 22.7 Å². The summed E-state index contributed by atoms with van der Waals surface area (Å²) < 4.78 is 27.7. The van der Waals surface area contributed by atoms with Gasteiger partial charge in [0.25, 0.3) is 0 Å². The van der Waals surface area contributed by atoms with Gasteiger partial charge in [0, 0.05) is 117 Å². The zero-order valence-electron chi connectivity index (χ0n) is 64.4. The van der Waals surface area contributed by atoms with Crippen LogP contribution in [-0.2, 0) is 49.3 Å². The van der Waals surface area contributed by atoms with Crippen LogP contribution in [0.2, 0.25) is 0 Å². The predicted molar refractivity (Wildman–Crippen MR) is 447 cm³/mol. The number of fused-ring (bicyclic) bond motifs is 6. The first-order chi connectivity index (χ1) is 52.4. The fourth-order valence-electron chi connectivity index (χ4n) is 13.7. The largest absolute Gasteiger partial charge is 0.458 e. The van der Waals surface area contributed by atoms with Crippen LogP contribution in [-0.4, -0.2) is 0 Å². The summed E-state index contributed by atoms with van der Waals surface area (Å²) in [4.78, 5) is 2.73. The number of nitrogens with zero attached hydrogens (tertiary/aromatic N) is 7. The Labute approximate surface area is 644 Å². The zero-order valence-corrected chi connectivity index (χ0v) is 66.1. The van der Waals surface area contributed by atoms with Crippen LogP contribution in [0.1, 0.15) is 38.9 Å². The van der Waals surface area contributed by atoms with Gasteiger partial charge in [-0.3, -0.25) is 0 Å². The van der Waals surface area contributed by atoms with E-state index in [-0.39, 0.29) is 0 Å². The molecule has 0 atom stereocenters. The van der Waals surface area contributed by atoms with Gasteiger partial charge in [-0.25, -0.2) is 22.8 Å². The smallest absolute Gasteiger partial charge is 0.248 e. The van der Waals surface area contributed by atoms with Crippen molar-refractivity contribution in [3.05, 3.63) is 367 Å². The van der Waals surface area contributed by atoms with Gasteiger partial charge in [-0.05, 0) is 188 Å². The summed E-state index contributed by atoms with van der Waals surface area (Å²) in [5.41, 5.74) is 21.2. The minimum absolute atomic E-state index is 0.947. The van der Waals surface area contributed by atoms with Crippen molar-refractivity contribution in [1.82, 2.24) is 0 Å². The molecule has 7 aromatic carbocycles. The van der Waals surface area contributed by atoms with Crippen LogP contribution in [0.25, 0.3) is 120 Å². The third kappa shape index (κ3) is 17.5. The summed E-state index contributed by atoms with van der Waals surface area (Å²) in [5.74, 6) is 1.90. The van der Waals surface area contributed by atoms with Crippen molar-refractivity contribution in [3.8, 4) is 66.6 Å². The van der Waals surface area contributed by atoms with Crippen LogP contribution in [0.3, 0.4) is 0 Å². The summed E-state index contributed by atoms with van der Waals surface area (Å²) >= 11 is 3.67. The van der Waals surface area contributed by atoms with Crippen LogP contribution in [0.15, 0.2) is 337 Å². The highest BCUT2D eigenvalue weighted by atomic mass is 32.1. The van der Waals surface area contributed by atoms with Crippen molar-refractivity contribution >= 4 is 76.2 Å². The van der Waals surface area contributed by atoms with Crippen molar-refractivity contribution in [3.63, 3.8) is 0 Å². The second-order valence-electron chi connectivity index (χ2n) is 27.3. The number of furan rings is 2. The van der Waals surface area contributed by atoms with Crippen molar-refractivity contribution in [2.75, 3.05) is 0 Å². The average Bonchev–Trinajstić information content (AvgIpc) is 1.55. The third-order valence-electron chi connectivity index (χ3n) is 19.7. The molecule has 11 aromatic heterocycles. The molecular weight excluding hydrogens is 1360 g/mol. The number of aryl methyl sites for hydroxylation is 14. The van der Waals surface area contributed by atoms with Crippen LogP contribution >= 0.6 is 22.7 Å². The van der Waals surface area contributed by atoms with Gasteiger partial charge in [-0.1, -0.05) is 109 Å². The molecule has 0 radical (unpaired) electrons. The summed E-state index contributed by atoms with van der Waals surface area (Å²) in [5, 5.41) is 11.3. The van der Waals surface area contributed by atoms with E-state index in [1.807, 2.05) is 116 Å². The van der Waals surface area contributed by atoms with E-state index in [1.165, 1.54) is 131 Å². The Kier molecular flexibility index (Phi) is 24.7. The lowest BCUT2D eigenvalue weighted by atomic mass is 9.99. The number of hydrogen-bond acceptors (Lipinski definition) is 4. The lowest BCUT2D eigenvalue weighted by Crippen LogP contribution is -2.30. The van der Waals surface area contributed by atoms with Crippen LogP contribution in [0.4, 0.5) is 0 Å². The van der Waals surface area contributed by atoms with E-state index in [0.717, 1.165) is 28.5 Å². The molecule has 11 heteroatoms. The number of benzene rings is 7. The molecule has 108 heavy (non-hydrogen) atoms. The molecular formula is C97H96N7O2S2+7. The molecule has 0 N–H and O–H groups in total. The fraction of sp³-hybridized carbons (Fsp3) is 0.144. The first-order valence-corrected chi connectivity index (χ1v) is 38.2. The molecule has 0 saturated heterocycles. The van der Waals surface area contributed by atoms with E-state index in [9.17, 15) is 0 Å². The molecule has 0 aliphatic carbocycles. The minimum Gasteiger partial charge on any atom is -0.458 e. The van der Waals surface area contributed by atoms with E-state index in [2.05, 4.69) is 347 Å². The van der Waals surface area contributed by atoms with E-state index in [1.54, 1.807) is 17.6 Å². The van der Waals surface area contributed by atoms with Gasteiger partial charge >= 0.3 is 0 Å². The fourth-order valence-corrected chi connectivity index (χ4v) is 15.9. The second-order valence-corrected chi connectivity index (χ2v) is 29.2. The van der Waals surface area contributed by atoms with Crippen molar-refractivity contribution in [2.24, 2.45) is 49.3 Å². The SMILES string of the molecule is Cc1c(-c2cccc[n+]2C)oc2ccccc12.Cc1c(-c2cccc[n+]2C)sc2ccccc12.Cc1cc2ccccc2cc1-c1cccc[n+]1C.Cc1cccc2ccc3ccc[n+](C)c3c12.Cc1ccccc1-c1cccc[n+]1C.Cc1ccoc1-c1cccc[n+]1C.Cc1ccsc1-c1cccc[n+]1C. The molecule has 18 rings (SSSR count). The molecule has 9 nitrogen and oxygen atoms in total. The summed E-state index contributed by atoms with van der Waals surface area (Å²) in [6, 6.07) is 94.9. The van der Waals surface area contributed by atoms with Gasteiger partial charge in [-0.2, -0.15) is 9.13 Å². The number of rotatable bonds is 6. The van der Waals surface area contributed by atoms with E-state index in [0.29, 0.717) is 0 Å². The number of aromatic nitrogens is 7. The molecule has 0 bridgehead atoms. The molecule has 536 valence electrons. The van der Waals surface area contributed by atoms with Gasteiger partial charge < -0.3 is 8.83 Å². The molecule has 0 fully saturated rings. The maximum atomic E-state index is 5.94. The van der Waals surface area contributed by atoms with Crippen LogP contribution in [0.5, 0.6) is 0 Å². The Morgan fingerprint density at radius 2 is 0.750 bits per heavy atom. The van der Waals surface area contributed by atoms with Gasteiger partial charge in [0.2, 0.25) is 51.2 Å². The first kappa shape index (κ1) is 75.5. The van der Waals surface area contributed by atoms with Crippen molar-refractivity contribution in [2.45, 2.75) is 48.5 Å². The molecule has 0 saturated carbocycles. The third-order valence-corrected chi connectivity index (χ3v) is 22.0. The predicted octanol–water partition coefficient (Wildman–Crippen LogP) is 20.8. The topological polar surface area (TPSA) is 53.4 Å². The summed E-state index contributed by atoms with van der Waals surface area (Å²) in [6.45, 7) is 15.0. The molecule has 0 unspecified atom stereocenters. The average molecular weight is 1460 g/mol. The molecule has 0 spiro atoms. The molecule has 0 aliphatic heterocycles. The zero-order chi connectivity index (χ0) is 75.8. The standard InChI is InChI=1S/C17H16N.C15H14NO.C15H14NS.C15H14N.C13H14N.C11H12NO.C11H12NS/c1-13-11-14-7-3-4-8-15(14)12-16(13)17-9-5-6-10-18(17)2;2*1-11-12-7-3-4-9-14(12)17-15(11)13-8-5-6-10-16(13)2;1-11-5-3-6-12-8-9-13-7-4-10-16(2)15(13)14(11)12;1-11-7-3-4-8-12(11)13-9-5-6-10-14(13)2;2*1-9-6-8-13-11(9)10-5-3-4-7-12(10)2/h3-12H,1-2H3;2*3-10H,1-2H3;3-10H,1-2H3;3-10H,1-2H3;2*3-8H,1-2H3/q7*+1. The Morgan fingerprint density at radius 3 is 1.31 bits per heavy atom. The molecule has 0 amide bonds. The van der Waals surface area contributed by atoms with E-state index in [4.69, 9.17) is 8.83 Å². The monoisotopic (exact) mass is 1450 g/mol. The minimum atomic E-state index is 0.947. The maximum absolute atomic E-state index is 5.94. The van der Waals surface area contributed by atoms with E-state index >= 15 is 0 Å². The number of thiophene rings is 2. The highest BCUT2D eigenvalue weighted by Gasteiger charge is 2.21. The lowest BCUT2D eigenvalue weighted by Gasteiger charge is -2.06. The van der Waals surface area contributed by atoms with Crippen LogP contribution < -0.4 is 32.0 Å². The van der Waals surface area contributed by atoms with Gasteiger partial charge in [0.05, 0.1) is 11.6 Å². The molecule has 11 heterocycles. The van der Waals surface area contributed by atoms with Crippen LogP contribution in [0, 0.1) is 48.5 Å². The van der Waals surface area contributed by atoms with Gasteiger partial charge in [0.15, 0.2) is 43.4 Å². The number of pyridine rings is 7. The van der Waals surface area contributed by atoms with Gasteiger partial charge in [0.1, 0.15) is 64.7 Å². The normalized spacial score (nSPS) is 10.7. The number of hydrogen-bond donors (Lipinski definition) is 0. The number of para-hydroxylation sites is 1. The highest BCUT2D eigenvalue weighted by Crippen LogP contribution is 2.37. The highest BCUT2D eigenvalue weighted by molar-refractivity contribution is 7.22. The Bertz CT molecular complexity index is 5810. The quantitative estimate of drug-likeness (QED) is 0.123. The Balaban J connectivity index is 0.000000118. The van der Waals surface area contributed by atoms with E-state index < -0.39 is 0 Å². The summed E-state index contributed by atoms with van der Waals surface area (Å²) in [7, 11) is 14.5. The summed E-state index contributed by atoms with van der Waals surface area (Å²) in [6.07, 6.45) is 16.2. The van der Waals surface area contributed by atoms with Crippen molar-refractivity contribution in [1.29, 1.82) is 0 Å². The lowest BCUT2D eigenvalue weighted by molar-refractivity contribution is -0.661. The second kappa shape index (κ2) is 35.3. The maximum Gasteiger partial charge on any atom is 0.248 e. The molecule has 0 aliphatic rings. The molecule has 18 aromatic rings. The van der Waals surface area contributed by atoms with Crippen molar-refractivity contribution < 1.29 is 40.8 Å². The first-order valence-electron chi connectivity index (χ1n) is 36.5. The Morgan fingerprint density at radius 1 is 0.287 bits per heavy atom. The Hall–Kier alpha value is -12.2.